The molecule has 21 heteroatoms. The van der Waals surface area contributed by atoms with E-state index in [-0.39, 0.29) is 29.5 Å². The summed E-state index contributed by atoms with van der Waals surface area (Å²) in [4.78, 5) is 51.7. The van der Waals surface area contributed by atoms with Crippen LogP contribution in [0.15, 0.2) is 73.1 Å². The quantitative estimate of drug-likeness (QED) is 0.0294. The zero-order valence-electron chi connectivity index (χ0n) is 38.0. The van der Waals surface area contributed by atoms with Crippen LogP contribution in [0.25, 0.3) is 20.2 Å². The first-order chi connectivity index (χ1) is 31.4. The van der Waals surface area contributed by atoms with E-state index in [1.807, 2.05) is 49.6 Å². The van der Waals surface area contributed by atoms with E-state index in [2.05, 4.69) is 41.6 Å². The highest BCUT2D eigenvalue weighted by Gasteiger charge is 2.16. The Bertz CT molecular complexity index is 2630. The van der Waals surface area contributed by atoms with Crippen molar-refractivity contribution in [1.82, 2.24) is 14.0 Å². The summed E-state index contributed by atoms with van der Waals surface area (Å²) in [5, 5.41) is 10.8. The highest BCUT2D eigenvalue weighted by atomic mass is 35.7. The molecule has 2 aromatic carbocycles. The number of methoxy groups -OCH3 is 2. The van der Waals surface area contributed by atoms with Crippen LogP contribution in [0.3, 0.4) is 0 Å². The number of hydrogen-bond acceptors (Lipinski definition) is 13. The zero-order valence-corrected chi connectivity index (χ0v) is 42.8. The minimum absolute atomic E-state index is 0.0297. The van der Waals surface area contributed by atoms with Gasteiger partial charge < -0.3 is 45.2 Å². The molecule has 4 aromatic heterocycles. The molecule has 0 unspecified atom stereocenters. The van der Waals surface area contributed by atoms with Gasteiger partial charge in [-0.3, -0.25) is 9.59 Å². The Kier molecular flexibility index (Phi) is 23.3. The summed E-state index contributed by atoms with van der Waals surface area (Å²) in [5.41, 5.74) is 9.47. The largest absolute Gasteiger partial charge is 0.465 e. The van der Waals surface area contributed by atoms with Crippen molar-refractivity contribution in [3.8, 4) is 0 Å². The molecule has 0 spiro atoms. The number of unbranched alkanes of at least 4 members (excludes halogenated alkanes) is 1. The predicted molar refractivity (Wildman–Crippen MR) is 274 cm³/mol. The number of amides is 2. The number of carbonyl (C=O) groups is 4. The van der Waals surface area contributed by atoms with E-state index in [1.165, 1.54) is 56.5 Å². The Hall–Kier alpha value is -4.82. The van der Waals surface area contributed by atoms with Crippen LogP contribution in [0, 0.1) is 0 Å². The first-order valence-electron chi connectivity index (χ1n) is 20.9. The minimum Gasteiger partial charge on any atom is -0.465 e. The van der Waals surface area contributed by atoms with Crippen LogP contribution in [0.1, 0.15) is 80.4 Å². The molecule has 0 radical (unpaired) electrons. The molecule has 6 rings (SSSR count). The normalized spacial score (nSPS) is 10.8. The predicted octanol–water partition coefficient (Wildman–Crippen LogP) is 10.1. The number of alkyl halides is 2. The second kappa shape index (κ2) is 27.7. The number of esters is 2. The number of halogens is 3. The first kappa shape index (κ1) is 55.5. The third kappa shape index (κ3) is 17.8. The van der Waals surface area contributed by atoms with Crippen LogP contribution >= 0.6 is 56.6 Å². The molecular weight excluding hydrogens is 969 g/mol. The zero-order chi connectivity index (χ0) is 49.0. The number of rotatable bonds is 17. The van der Waals surface area contributed by atoms with Crippen molar-refractivity contribution in [1.29, 1.82) is 0 Å². The van der Waals surface area contributed by atoms with Gasteiger partial charge in [0.15, 0.2) is 0 Å². The number of nitrogens with two attached hydrogens (primary N) is 1. The van der Waals surface area contributed by atoms with Gasteiger partial charge >= 0.3 is 11.9 Å². The van der Waals surface area contributed by atoms with Crippen LogP contribution in [0.2, 0.25) is 0 Å². The Morgan fingerprint density at radius 2 is 1.15 bits per heavy atom. The molecule has 2 amide bonds. The van der Waals surface area contributed by atoms with Gasteiger partial charge in [0.05, 0.1) is 31.3 Å². The number of fused-ring (bicyclic) bond motifs is 2. The molecule has 0 aliphatic heterocycles. The van der Waals surface area contributed by atoms with Gasteiger partial charge in [0.25, 0.3) is 11.8 Å². The smallest absolute Gasteiger partial charge is 0.348 e. The van der Waals surface area contributed by atoms with Crippen LogP contribution in [0.4, 0.5) is 22.7 Å². The molecule has 0 saturated carbocycles. The second-order valence-electron chi connectivity index (χ2n) is 14.3. The molecule has 0 atom stereocenters. The molecule has 5 N–H and O–H groups in total. The molecule has 0 aliphatic rings. The Morgan fingerprint density at radius 1 is 0.682 bits per heavy atom. The maximum absolute atomic E-state index is 12.7. The lowest BCUT2D eigenvalue weighted by atomic mass is 10.2. The van der Waals surface area contributed by atoms with Gasteiger partial charge in [-0.2, -0.15) is 0 Å². The molecular formula is C45H58Cl3N7O8S3. The first-order valence-corrected chi connectivity index (χ1v) is 26.0. The van der Waals surface area contributed by atoms with Gasteiger partial charge in [-0.15, -0.1) is 45.9 Å². The summed E-state index contributed by atoms with van der Waals surface area (Å²) in [6.07, 6.45) is 5.93. The number of ether oxygens (including phenoxy) is 2. The van der Waals surface area contributed by atoms with Crippen LogP contribution in [-0.2, 0) is 32.6 Å². The molecule has 360 valence electrons. The van der Waals surface area contributed by atoms with E-state index in [0.717, 1.165) is 45.2 Å². The highest BCUT2D eigenvalue weighted by Crippen LogP contribution is 2.30. The van der Waals surface area contributed by atoms with Gasteiger partial charge in [-0.1, -0.05) is 20.8 Å². The van der Waals surface area contributed by atoms with E-state index >= 15 is 0 Å². The summed E-state index contributed by atoms with van der Waals surface area (Å²) in [6, 6.07) is 18.0. The Morgan fingerprint density at radius 3 is 1.53 bits per heavy atom. The number of nitrogen functional groups attached to an aromatic ring is 1. The van der Waals surface area contributed by atoms with E-state index in [9.17, 15) is 27.6 Å². The van der Waals surface area contributed by atoms with E-state index < -0.39 is 9.05 Å². The lowest BCUT2D eigenvalue weighted by Gasteiger charge is -2.13. The number of nitrogens with zero attached hydrogens (tertiary/aromatic N) is 3. The summed E-state index contributed by atoms with van der Waals surface area (Å²) in [6.45, 7) is 10.9. The maximum atomic E-state index is 12.7. The number of anilines is 4. The van der Waals surface area contributed by atoms with Gasteiger partial charge in [-0.25, -0.2) is 18.0 Å². The fourth-order valence-corrected chi connectivity index (χ4v) is 9.31. The molecule has 0 bridgehead atoms. The van der Waals surface area contributed by atoms with Crippen molar-refractivity contribution in [3.63, 3.8) is 0 Å². The average molecular weight is 1030 g/mol. The number of aromatic nitrogens is 2. The number of hydrogen-bond donors (Lipinski definition) is 4. The number of nitrogens with one attached hydrogen (secondary N) is 3. The van der Waals surface area contributed by atoms with Crippen LogP contribution < -0.4 is 21.7 Å². The van der Waals surface area contributed by atoms with E-state index in [0.29, 0.717) is 56.4 Å². The van der Waals surface area contributed by atoms with Gasteiger partial charge in [-0.05, 0) is 110 Å². The Balaban J connectivity index is 0.000000271. The van der Waals surface area contributed by atoms with Gasteiger partial charge in [0, 0.05) is 76.3 Å². The fraction of sp³-hybridized carbons (Fsp3) is 0.378. The minimum atomic E-state index is -3.30. The summed E-state index contributed by atoms with van der Waals surface area (Å²) in [7, 11) is 7.84. The summed E-state index contributed by atoms with van der Waals surface area (Å²) in [5.74, 6) is -0.201. The van der Waals surface area contributed by atoms with E-state index in [4.69, 9.17) is 49.1 Å². The van der Waals surface area contributed by atoms with Crippen molar-refractivity contribution in [3.05, 3.63) is 94.2 Å². The van der Waals surface area contributed by atoms with Gasteiger partial charge in [0.1, 0.15) is 21.1 Å². The molecule has 0 aliphatic carbocycles. The molecule has 66 heavy (non-hydrogen) atoms. The highest BCUT2D eigenvalue weighted by molar-refractivity contribution is 8.13. The van der Waals surface area contributed by atoms with Crippen molar-refractivity contribution in [2.75, 3.05) is 79.6 Å². The third-order valence-electron chi connectivity index (χ3n) is 9.57. The van der Waals surface area contributed by atoms with Crippen molar-refractivity contribution in [2.45, 2.75) is 40.0 Å². The maximum Gasteiger partial charge on any atom is 0.348 e. The molecule has 6 aromatic rings. The summed E-state index contributed by atoms with van der Waals surface area (Å²) < 4.78 is 35.0. The van der Waals surface area contributed by atoms with Crippen LogP contribution in [0.5, 0.6) is 0 Å². The van der Waals surface area contributed by atoms with Crippen molar-refractivity contribution in [2.24, 2.45) is 14.1 Å². The Labute approximate surface area is 408 Å². The summed E-state index contributed by atoms with van der Waals surface area (Å²) >= 11 is 13.6. The monoisotopic (exact) mass is 1030 g/mol. The molecule has 4 heterocycles. The van der Waals surface area contributed by atoms with Gasteiger partial charge in [0.2, 0.25) is 9.05 Å². The fourth-order valence-electron chi connectivity index (χ4n) is 6.09. The second-order valence-corrected chi connectivity index (χ2v) is 20.2. The van der Waals surface area contributed by atoms with Crippen molar-refractivity contribution >= 4 is 132 Å². The molecule has 0 fully saturated rings. The SMILES string of the molecule is CCN(CC)CC.COC(=O)c1cc2cc(NC(=O)c3cc(N)cn3C)ccc2s1.COC(=O)c1cc2cc(NC(=O)c3cc(NCCCCCl)cn3C)ccc2s1.O=S(=O)(Cl)CCCCl. The van der Waals surface area contributed by atoms with Crippen LogP contribution in [-0.4, -0.2) is 104 Å². The number of carbonyl (C=O) groups excluding carboxylic acids is 4. The topological polar surface area (TPSA) is 196 Å². The molecule has 0 saturated heterocycles. The third-order valence-corrected chi connectivity index (χ3v) is 13.5. The lowest BCUT2D eigenvalue weighted by Crippen LogP contribution is -2.21. The number of thiophene rings is 2. The standard InChI is InChI=1S/C20H22ClN3O3S.C16H15N3O3S.C6H15N.C3H6Cl2O2S/c1-24-12-15(22-8-4-3-7-21)11-16(24)19(25)23-14-5-6-17-13(9-14)10-18(28-17)20(26)27-2;1-19-8-10(17)7-12(19)15(20)18-11-3-4-13-9(5-11)6-14(23-13)16(21)22-2;1-4-7(5-2)6-3;4-2-1-3-8(5,6)7/h5-6,9-12,22H,3-4,7-8H2,1-2H3,(H,23,25);3-8H,17H2,1-2H3,(H,18,20);4-6H2,1-3H3;1-3H2. The lowest BCUT2D eigenvalue weighted by molar-refractivity contribution is 0.0597. The number of aryl methyl sites for hydroxylation is 2. The van der Waals surface area contributed by atoms with Crippen molar-refractivity contribution < 1.29 is 37.1 Å². The molecule has 15 nitrogen and oxygen atoms in total. The van der Waals surface area contributed by atoms with E-state index in [1.54, 1.807) is 46.6 Å². The number of benzene rings is 2. The average Bonchev–Trinajstić information content (AvgIpc) is 4.09.